The first-order valence-corrected chi connectivity index (χ1v) is 7.76. The molecule has 3 N–H and O–H groups in total. The van der Waals surface area contributed by atoms with Gasteiger partial charge in [-0.3, -0.25) is 0 Å². The van der Waals surface area contributed by atoms with E-state index < -0.39 is 0 Å². The number of rotatable bonds is 7. The molecular formula is C14H20BrClN2. The van der Waals surface area contributed by atoms with Crippen LogP contribution in [-0.2, 0) is 0 Å². The maximum absolute atomic E-state index is 6.00. The molecule has 0 aromatic heterocycles. The minimum atomic E-state index is 0.220. The average molecular weight is 332 g/mol. The molecule has 0 amide bonds. The van der Waals surface area contributed by atoms with Gasteiger partial charge in [-0.2, -0.15) is 0 Å². The van der Waals surface area contributed by atoms with E-state index in [4.69, 9.17) is 17.3 Å². The van der Waals surface area contributed by atoms with Crippen LogP contribution in [0.3, 0.4) is 0 Å². The molecular weight excluding hydrogens is 312 g/mol. The summed E-state index contributed by atoms with van der Waals surface area (Å²) in [6, 6.07) is 6.22. The van der Waals surface area contributed by atoms with Crippen molar-refractivity contribution in [1.29, 1.82) is 0 Å². The predicted octanol–water partition coefficient (Wildman–Crippen LogP) is 3.88. The van der Waals surface area contributed by atoms with Gasteiger partial charge in [-0.1, -0.05) is 30.5 Å². The number of halogens is 2. The Balaban J connectivity index is 1.83. The third-order valence-electron chi connectivity index (χ3n) is 3.46. The number of benzene rings is 1. The average Bonchev–Trinajstić information content (AvgIpc) is 3.17. The summed E-state index contributed by atoms with van der Waals surface area (Å²) in [5, 5.41) is 4.27. The van der Waals surface area contributed by atoms with Gasteiger partial charge in [-0.15, -0.1) is 0 Å². The summed E-state index contributed by atoms with van der Waals surface area (Å²) in [5.74, 6) is 1.01. The van der Waals surface area contributed by atoms with Crippen molar-refractivity contribution >= 4 is 27.5 Å². The highest BCUT2D eigenvalue weighted by atomic mass is 79.9. The van der Waals surface area contributed by atoms with Gasteiger partial charge in [0.2, 0.25) is 0 Å². The Morgan fingerprint density at radius 3 is 2.83 bits per heavy atom. The molecule has 1 atom stereocenters. The lowest BCUT2D eigenvalue weighted by Gasteiger charge is -2.18. The number of nitrogens with one attached hydrogen (secondary N) is 1. The molecule has 2 nitrogen and oxygen atoms in total. The van der Waals surface area contributed by atoms with Crippen molar-refractivity contribution in [2.75, 3.05) is 13.1 Å². The molecule has 2 rings (SSSR count). The fourth-order valence-electron chi connectivity index (χ4n) is 2.14. The Kier molecular flexibility index (Phi) is 5.49. The summed E-state index contributed by atoms with van der Waals surface area (Å²) >= 11 is 9.45. The molecule has 4 heteroatoms. The van der Waals surface area contributed by atoms with Crippen LogP contribution in [0.1, 0.15) is 37.3 Å². The van der Waals surface area contributed by atoms with Gasteiger partial charge >= 0.3 is 0 Å². The molecule has 1 aliphatic carbocycles. The van der Waals surface area contributed by atoms with Crippen molar-refractivity contribution in [1.82, 2.24) is 5.32 Å². The number of nitrogens with two attached hydrogens (primary N) is 1. The van der Waals surface area contributed by atoms with E-state index in [1.807, 2.05) is 18.2 Å². The quantitative estimate of drug-likeness (QED) is 0.744. The first kappa shape index (κ1) is 14.3. The number of hydrogen-bond acceptors (Lipinski definition) is 2. The lowest BCUT2D eigenvalue weighted by atomic mass is 10.1. The van der Waals surface area contributed by atoms with Gasteiger partial charge < -0.3 is 11.1 Å². The van der Waals surface area contributed by atoms with Crippen LogP contribution in [0.15, 0.2) is 22.7 Å². The van der Waals surface area contributed by atoms with E-state index in [9.17, 15) is 0 Å². The molecule has 0 heterocycles. The van der Waals surface area contributed by atoms with Gasteiger partial charge in [0, 0.05) is 17.1 Å². The summed E-state index contributed by atoms with van der Waals surface area (Å²) in [6.45, 7) is 1.65. The second-order valence-electron chi connectivity index (χ2n) is 5.00. The lowest BCUT2D eigenvalue weighted by molar-refractivity contribution is 0.512. The molecule has 1 aromatic carbocycles. The van der Waals surface area contributed by atoms with Crippen LogP contribution < -0.4 is 11.1 Å². The fourth-order valence-corrected chi connectivity index (χ4v) is 2.65. The van der Waals surface area contributed by atoms with E-state index in [0.29, 0.717) is 6.54 Å². The van der Waals surface area contributed by atoms with E-state index in [1.165, 1.54) is 31.2 Å². The van der Waals surface area contributed by atoms with Crippen LogP contribution in [0, 0.1) is 5.92 Å². The minimum absolute atomic E-state index is 0.220. The standard InChI is InChI=1S/C14H20BrClN2/c15-12-8-11(5-6-13(12)16)14(9-17)18-7-1-2-10-3-4-10/h5-6,8,10,14,18H,1-4,7,9,17H2. The summed E-state index contributed by atoms with van der Waals surface area (Å²) < 4.78 is 0.930. The molecule has 0 radical (unpaired) electrons. The molecule has 1 saturated carbocycles. The van der Waals surface area contributed by atoms with Crippen molar-refractivity contribution in [3.05, 3.63) is 33.3 Å². The first-order valence-electron chi connectivity index (χ1n) is 6.59. The molecule has 1 aliphatic rings. The molecule has 0 saturated heterocycles. The van der Waals surface area contributed by atoms with Crippen molar-refractivity contribution < 1.29 is 0 Å². The van der Waals surface area contributed by atoms with Crippen LogP contribution in [0.2, 0.25) is 5.02 Å². The Morgan fingerprint density at radius 1 is 1.44 bits per heavy atom. The molecule has 0 spiro atoms. The highest BCUT2D eigenvalue weighted by Crippen LogP contribution is 2.33. The zero-order valence-electron chi connectivity index (χ0n) is 10.5. The maximum Gasteiger partial charge on any atom is 0.0548 e. The third-order valence-corrected chi connectivity index (χ3v) is 4.67. The van der Waals surface area contributed by atoms with Crippen molar-refractivity contribution in [3.8, 4) is 0 Å². The van der Waals surface area contributed by atoms with Gasteiger partial charge in [0.15, 0.2) is 0 Å². The zero-order chi connectivity index (χ0) is 13.0. The molecule has 1 unspecified atom stereocenters. The SMILES string of the molecule is NCC(NCCCC1CC1)c1ccc(Cl)c(Br)c1. The molecule has 1 fully saturated rings. The van der Waals surface area contributed by atoms with E-state index in [-0.39, 0.29) is 6.04 Å². The lowest BCUT2D eigenvalue weighted by Crippen LogP contribution is -2.29. The van der Waals surface area contributed by atoms with Crippen molar-refractivity contribution in [2.45, 2.75) is 31.7 Å². The second kappa shape index (κ2) is 6.90. The van der Waals surface area contributed by atoms with Crippen LogP contribution in [0.4, 0.5) is 0 Å². The topological polar surface area (TPSA) is 38.0 Å². The Morgan fingerprint density at radius 2 is 2.22 bits per heavy atom. The van der Waals surface area contributed by atoms with Crippen LogP contribution in [-0.4, -0.2) is 13.1 Å². The predicted molar refractivity (Wildman–Crippen MR) is 80.9 cm³/mol. The highest BCUT2D eigenvalue weighted by Gasteiger charge is 2.20. The van der Waals surface area contributed by atoms with Crippen molar-refractivity contribution in [2.24, 2.45) is 11.7 Å². The monoisotopic (exact) mass is 330 g/mol. The van der Waals surface area contributed by atoms with Gasteiger partial charge in [-0.05, 0) is 58.9 Å². The smallest absolute Gasteiger partial charge is 0.0548 e. The first-order chi connectivity index (χ1) is 8.70. The Hall–Kier alpha value is -0.0900. The normalized spacial score (nSPS) is 16.8. The van der Waals surface area contributed by atoms with Gasteiger partial charge in [0.1, 0.15) is 0 Å². The largest absolute Gasteiger partial charge is 0.329 e. The third kappa shape index (κ3) is 4.23. The highest BCUT2D eigenvalue weighted by molar-refractivity contribution is 9.10. The minimum Gasteiger partial charge on any atom is -0.329 e. The molecule has 0 bridgehead atoms. The zero-order valence-corrected chi connectivity index (χ0v) is 12.8. The summed E-state index contributed by atoms with van der Waals surface area (Å²) in [7, 11) is 0. The molecule has 1 aromatic rings. The molecule has 100 valence electrons. The second-order valence-corrected chi connectivity index (χ2v) is 6.26. The number of hydrogen-bond donors (Lipinski definition) is 2. The van der Waals surface area contributed by atoms with Gasteiger partial charge in [-0.25, -0.2) is 0 Å². The van der Waals surface area contributed by atoms with Crippen LogP contribution in [0.5, 0.6) is 0 Å². The van der Waals surface area contributed by atoms with Gasteiger partial charge in [0.25, 0.3) is 0 Å². The summed E-state index contributed by atoms with van der Waals surface area (Å²) in [5.41, 5.74) is 7.03. The summed E-state index contributed by atoms with van der Waals surface area (Å²) in [6.07, 6.45) is 5.47. The molecule has 18 heavy (non-hydrogen) atoms. The Labute approximate surface area is 122 Å². The summed E-state index contributed by atoms with van der Waals surface area (Å²) in [4.78, 5) is 0. The molecule has 0 aliphatic heterocycles. The van der Waals surface area contributed by atoms with Gasteiger partial charge in [0.05, 0.1) is 5.02 Å². The Bertz CT molecular complexity index is 393. The van der Waals surface area contributed by atoms with E-state index in [2.05, 4.69) is 21.2 Å². The van der Waals surface area contributed by atoms with Crippen LogP contribution >= 0.6 is 27.5 Å². The maximum atomic E-state index is 6.00. The van der Waals surface area contributed by atoms with Crippen LogP contribution in [0.25, 0.3) is 0 Å². The van der Waals surface area contributed by atoms with E-state index in [1.54, 1.807) is 0 Å². The van der Waals surface area contributed by atoms with E-state index in [0.717, 1.165) is 22.0 Å². The van der Waals surface area contributed by atoms with E-state index >= 15 is 0 Å². The van der Waals surface area contributed by atoms with Crippen molar-refractivity contribution in [3.63, 3.8) is 0 Å². The fraction of sp³-hybridized carbons (Fsp3) is 0.571.